The monoisotopic (exact) mass is 318 g/mol. The average Bonchev–Trinajstić information content (AvgIpc) is 2.62. The highest BCUT2D eigenvalue weighted by Gasteiger charge is 2.28. The normalized spacial score (nSPS) is 20.5. The van der Waals surface area contributed by atoms with Crippen molar-refractivity contribution < 1.29 is 9.53 Å². The van der Waals surface area contributed by atoms with Gasteiger partial charge in [-0.05, 0) is 31.0 Å². The minimum Gasteiger partial charge on any atom is -0.495 e. The minimum atomic E-state index is 0.0714. The Labute approximate surface area is 137 Å². The second kappa shape index (κ2) is 7.19. The molecule has 2 aliphatic heterocycles. The Balaban J connectivity index is 1.59. The third kappa shape index (κ3) is 3.59. The van der Waals surface area contributed by atoms with Gasteiger partial charge < -0.3 is 20.7 Å². The van der Waals surface area contributed by atoms with Gasteiger partial charge in [-0.2, -0.15) is 0 Å². The molecule has 6 nitrogen and oxygen atoms in total. The van der Waals surface area contributed by atoms with E-state index in [-0.39, 0.29) is 5.91 Å². The number of piperazine rings is 1. The van der Waals surface area contributed by atoms with E-state index in [4.69, 9.17) is 10.5 Å². The molecule has 2 fully saturated rings. The maximum atomic E-state index is 12.7. The molecular weight excluding hydrogens is 292 g/mol. The molecule has 6 heteroatoms. The Hall–Kier alpha value is -1.79. The molecular formula is C17H26N4O2. The minimum absolute atomic E-state index is 0.0714. The van der Waals surface area contributed by atoms with Crippen molar-refractivity contribution in [1.29, 1.82) is 0 Å². The molecule has 0 unspecified atom stereocenters. The van der Waals surface area contributed by atoms with Crippen molar-refractivity contribution in [3.63, 3.8) is 0 Å². The van der Waals surface area contributed by atoms with Crippen LogP contribution in [0.1, 0.15) is 23.2 Å². The Kier molecular flexibility index (Phi) is 5.03. The van der Waals surface area contributed by atoms with Crippen LogP contribution in [0.15, 0.2) is 18.2 Å². The predicted octanol–water partition coefficient (Wildman–Crippen LogP) is 0.787. The summed E-state index contributed by atoms with van der Waals surface area (Å²) >= 11 is 0. The van der Waals surface area contributed by atoms with Crippen LogP contribution in [0.5, 0.6) is 5.75 Å². The second-order valence-electron chi connectivity index (χ2n) is 6.27. The maximum Gasteiger partial charge on any atom is 0.253 e. The largest absolute Gasteiger partial charge is 0.495 e. The summed E-state index contributed by atoms with van der Waals surface area (Å²) in [6, 6.07) is 5.87. The van der Waals surface area contributed by atoms with Gasteiger partial charge in [-0.3, -0.25) is 9.69 Å². The molecule has 1 amide bonds. The summed E-state index contributed by atoms with van der Waals surface area (Å²) in [5.74, 6) is 0.633. The first-order valence-electron chi connectivity index (χ1n) is 8.36. The smallest absolute Gasteiger partial charge is 0.253 e. The van der Waals surface area contributed by atoms with Gasteiger partial charge in [0.1, 0.15) is 5.75 Å². The Morgan fingerprint density at radius 2 is 1.91 bits per heavy atom. The van der Waals surface area contributed by atoms with Crippen molar-refractivity contribution in [3.05, 3.63) is 23.8 Å². The van der Waals surface area contributed by atoms with E-state index in [1.807, 2.05) is 4.90 Å². The summed E-state index contributed by atoms with van der Waals surface area (Å²) in [6.07, 6.45) is 2.11. The van der Waals surface area contributed by atoms with E-state index < -0.39 is 0 Å². The van der Waals surface area contributed by atoms with Crippen LogP contribution in [0.4, 0.5) is 5.69 Å². The van der Waals surface area contributed by atoms with E-state index in [1.165, 1.54) is 0 Å². The van der Waals surface area contributed by atoms with Crippen molar-refractivity contribution in [3.8, 4) is 5.75 Å². The molecule has 3 rings (SSSR count). The first-order valence-corrected chi connectivity index (χ1v) is 8.36. The number of benzene rings is 1. The molecule has 0 atom stereocenters. The number of nitrogens with zero attached hydrogens (tertiary/aromatic N) is 2. The number of nitrogens with two attached hydrogens (primary N) is 1. The van der Waals surface area contributed by atoms with Crippen molar-refractivity contribution >= 4 is 11.6 Å². The Bertz CT molecular complexity index is 550. The zero-order valence-corrected chi connectivity index (χ0v) is 13.8. The number of hydrogen-bond acceptors (Lipinski definition) is 5. The third-order valence-electron chi connectivity index (χ3n) is 4.90. The standard InChI is InChI=1S/C17H26N4O2/c1-23-16-12-13(2-3-15(16)18)17(22)21-8-4-14(5-9-21)20-10-6-19-7-11-20/h2-3,12,14,19H,4-11,18H2,1H3. The summed E-state index contributed by atoms with van der Waals surface area (Å²) < 4.78 is 5.21. The molecule has 0 aromatic heterocycles. The fraction of sp³-hybridized carbons (Fsp3) is 0.588. The summed E-state index contributed by atoms with van der Waals surface area (Å²) in [6.45, 7) is 6.02. The van der Waals surface area contributed by atoms with Crippen LogP contribution in [-0.4, -0.2) is 68.1 Å². The van der Waals surface area contributed by atoms with E-state index in [0.717, 1.165) is 52.1 Å². The van der Waals surface area contributed by atoms with Gasteiger partial charge in [-0.15, -0.1) is 0 Å². The van der Waals surface area contributed by atoms with Crippen molar-refractivity contribution in [1.82, 2.24) is 15.1 Å². The van der Waals surface area contributed by atoms with Crippen LogP contribution in [0.2, 0.25) is 0 Å². The molecule has 126 valence electrons. The van der Waals surface area contributed by atoms with E-state index in [9.17, 15) is 4.79 Å². The highest BCUT2D eigenvalue weighted by molar-refractivity contribution is 5.95. The first-order chi connectivity index (χ1) is 11.2. The van der Waals surface area contributed by atoms with Crippen LogP contribution >= 0.6 is 0 Å². The number of ether oxygens (including phenoxy) is 1. The lowest BCUT2D eigenvalue weighted by atomic mass is 10.0. The topological polar surface area (TPSA) is 70.8 Å². The summed E-state index contributed by atoms with van der Waals surface area (Å²) in [5.41, 5.74) is 7.03. The number of methoxy groups -OCH3 is 1. The number of rotatable bonds is 3. The van der Waals surface area contributed by atoms with E-state index in [2.05, 4.69) is 10.2 Å². The number of nitrogens with one attached hydrogen (secondary N) is 1. The fourth-order valence-corrected chi connectivity index (χ4v) is 3.51. The summed E-state index contributed by atoms with van der Waals surface area (Å²) in [4.78, 5) is 17.2. The fourth-order valence-electron chi connectivity index (χ4n) is 3.51. The molecule has 2 saturated heterocycles. The van der Waals surface area contributed by atoms with Gasteiger partial charge in [0.05, 0.1) is 12.8 Å². The van der Waals surface area contributed by atoms with Gasteiger partial charge in [0, 0.05) is 50.9 Å². The van der Waals surface area contributed by atoms with Crippen LogP contribution in [0.25, 0.3) is 0 Å². The third-order valence-corrected chi connectivity index (χ3v) is 4.90. The van der Waals surface area contributed by atoms with E-state index in [1.54, 1.807) is 25.3 Å². The van der Waals surface area contributed by atoms with Gasteiger partial charge in [-0.1, -0.05) is 0 Å². The molecule has 0 saturated carbocycles. The Morgan fingerprint density at radius 1 is 1.22 bits per heavy atom. The molecule has 3 N–H and O–H groups in total. The van der Waals surface area contributed by atoms with Gasteiger partial charge >= 0.3 is 0 Å². The first kappa shape index (κ1) is 16.1. The number of piperidine rings is 1. The highest BCUT2D eigenvalue weighted by Crippen LogP contribution is 2.24. The molecule has 0 radical (unpaired) electrons. The quantitative estimate of drug-likeness (QED) is 0.806. The number of nitrogen functional groups attached to an aromatic ring is 1. The van der Waals surface area contributed by atoms with E-state index in [0.29, 0.717) is 23.0 Å². The average molecular weight is 318 g/mol. The summed E-state index contributed by atoms with van der Waals surface area (Å²) in [7, 11) is 1.57. The van der Waals surface area contributed by atoms with Crippen LogP contribution in [0, 0.1) is 0 Å². The second-order valence-corrected chi connectivity index (χ2v) is 6.27. The van der Waals surface area contributed by atoms with Crippen LogP contribution in [-0.2, 0) is 0 Å². The van der Waals surface area contributed by atoms with Gasteiger partial charge in [0.2, 0.25) is 0 Å². The molecule has 1 aromatic rings. The van der Waals surface area contributed by atoms with Gasteiger partial charge in [0.15, 0.2) is 0 Å². The lowest BCUT2D eigenvalue weighted by Gasteiger charge is -2.40. The number of carbonyl (C=O) groups is 1. The SMILES string of the molecule is COc1cc(C(=O)N2CCC(N3CCNCC3)CC2)ccc1N. The summed E-state index contributed by atoms with van der Waals surface area (Å²) in [5, 5.41) is 3.39. The zero-order valence-electron chi connectivity index (χ0n) is 13.8. The number of carbonyl (C=O) groups excluding carboxylic acids is 1. The van der Waals surface area contributed by atoms with E-state index >= 15 is 0 Å². The number of likely N-dealkylation sites (tertiary alicyclic amines) is 1. The Morgan fingerprint density at radius 3 is 2.57 bits per heavy atom. The number of hydrogen-bond donors (Lipinski definition) is 2. The molecule has 0 bridgehead atoms. The molecule has 2 heterocycles. The molecule has 23 heavy (non-hydrogen) atoms. The van der Waals surface area contributed by atoms with Crippen LogP contribution < -0.4 is 15.8 Å². The van der Waals surface area contributed by atoms with Crippen LogP contribution in [0.3, 0.4) is 0 Å². The molecule has 0 spiro atoms. The number of anilines is 1. The zero-order chi connectivity index (χ0) is 16.2. The lowest BCUT2D eigenvalue weighted by Crippen LogP contribution is -2.52. The highest BCUT2D eigenvalue weighted by atomic mass is 16.5. The van der Waals surface area contributed by atoms with Crippen molar-refractivity contribution in [2.45, 2.75) is 18.9 Å². The molecule has 0 aliphatic carbocycles. The number of amides is 1. The predicted molar refractivity (Wildman–Crippen MR) is 90.8 cm³/mol. The maximum absolute atomic E-state index is 12.7. The molecule has 2 aliphatic rings. The van der Waals surface area contributed by atoms with Gasteiger partial charge in [0.25, 0.3) is 5.91 Å². The molecule has 1 aromatic carbocycles. The lowest BCUT2D eigenvalue weighted by molar-refractivity contribution is 0.0601. The van der Waals surface area contributed by atoms with Crippen molar-refractivity contribution in [2.24, 2.45) is 0 Å². The van der Waals surface area contributed by atoms with Crippen molar-refractivity contribution in [2.75, 3.05) is 52.1 Å². The van der Waals surface area contributed by atoms with Gasteiger partial charge in [-0.25, -0.2) is 0 Å².